The van der Waals surface area contributed by atoms with Crippen LogP contribution in [0.5, 0.6) is 0 Å². The molecule has 5 N–H and O–H groups in total. The molecule has 0 bridgehead atoms. The minimum Gasteiger partial charge on any atom is -0.409 e. The van der Waals surface area contributed by atoms with Crippen molar-refractivity contribution in [2.45, 2.75) is 13.0 Å². The molecule has 0 spiro atoms. The zero-order chi connectivity index (χ0) is 14.5. The van der Waals surface area contributed by atoms with Gasteiger partial charge in [-0.3, -0.25) is 4.79 Å². The standard InChI is InChI=1S/C11H13N7O2/c1-6(10-14-17-18-15-10)13-11(19)8-4-2-7(3-5-8)9(12)16-20/h2-6,20H,1H3,(H2,12,16)(H,13,19)(H,14,15,17,18). The highest BCUT2D eigenvalue weighted by molar-refractivity contribution is 5.99. The van der Waals surface area contributed by atoms with Crippen LogP contribution in [-0.4, -0.2) is 37.6 Å². The van der Waals surface area contributed by atoms with E-state index in [2.05, 4.69) is 31.1 Å². The quantitative estimate of drug-likeness (QED) is 0.263. The summed E-state index contributed by atoms with van der Waals surface area (Å²) < 4.78 is 0. The van der Waals surface area contributed by atoms with Crippen molar-refractivity contribution in [1.82, 2.24) is 25.9 Å². The van der Waals surface area contributed by atoms with E-state index in [0.717, 1.165) is 0 Å². The van der Waals surface area contributed by atoms with Gasteiger partial charge in [0, 0.05) is 11.1 Å². The van der Waals surface area contributed by atoms with E-state index in [1.54, 1.807) is 31.2 Å². The number of nitrogens with zero attached hydrogens (tertiary/aromatic N) is 4. The highest BCUT2D eigenvalue weighted by Gasteiger charge is 2.14. The van der Waals surface area contributed by atoms with Crippen LogP contribution >= 0.6 is 0 Å². The molecule has 1 aromatic carbocycles. The van der Waals surface area contributed by atoms with Crippen LogP contribution in [0.25, 0.3) is 0 Å². The van der Waals surface area contributed by atoms with Crippen LogP contribution in [0.1, 0.15) is 34.7 Å². The zero-order valence-corrected chi connectivity index (χ0v) is 10.6. The third-order valence-corrected chi connectivity index (χ3v) is 2.65. The molecule has 1 amide bonds. The Balaban J connectivity index is 2.06. The molecule has 2 rings (SSSR count). The third kappa shape index (κ3) is 2.88. The summed E-state index contributed by atoms with van der Waals surface area (Å²) in [6.45, 7) is 1.74. The maximum Gasteiger partial charge on any atom is 0.251 e. The van der Waals surface area contributed by atoms with Crippen LogP contribution in [0.4, 0.5) is 0 Å². The van der Waals surface area contributed by atoms with Crippen LogP contribution in [0, 0.1) is 0 Å². The van der Waals surface area contributed by atoms with Crippen molar-refractivity contribution >= 4 is 11.7 Å². The van der Waals surface area contributed by atoms with Crippen LogP contribution in [0.2, 0.25) is 0 Å². The number of rotatable bonds is 4. The molecule has 1 heterocycles. The monoisotopic (exact) mass is 275 g/mol. The van der Waals surface area contributed by atoms with Crippen molar-refractivity contribution in [3.05, 3.63) is 41.2 Å². The lowest BCUT2D eigenvalue weighted by atomic mass is 10.1. The first-order chi connectivity index (χ1) is 9.61. The number of hydrogen-bond acceptors (Lipinski definition) is 6. The van der Waals surface area contributed by atoms with Gasteiger partial charge in [0.2, 0.25) is 0 Å². The molecule has 1 aromatic heterocycles. The molecule has 1 atom stereocenters. The van der Waals surface area contributed by atoms with Gasteiger partial charge in [-0.1, -0.05) is 22.5 Å². The zero-order valence-electron chi connectivity index (χ0n) is 10.6. The summed E-state index contributed by atoms with van der Waals surface area (Å²) in [7, 11) is 0. The predicted octanol–water partition coefficient (Wildman–Crippen LogP) is -0.215. The maximum absolute atomic E-state index is 12.0. The Morgan fingerprint density at radius 2 is 2.05 bits per heavy atom. The summed E-state index contributed by atoms with van der Waals surface area (Å²) >= 11 is 0. The van der Waals surface area contributed by atoms with Crippen molar-refractivity contribution in [1.29, 1.82) is 0 Å². The van der Waals surface area contributed by atoms with Crippen LogP contribution in [0.15, 0.2) is 29.4 Å². The first-order valence-corrected chi connectivity index (χ1v) is 5.74. The van der Waals surface area contributed by atoms with Crippen LogP contribution < -0.4 is 11.1 Å². The fraction of sp³-hybridized carbons (Fsp3) is 0.182. The van der Waals surface area contributed by atoms with Crippen molar-refractivity contribution in [3.8, 4) is 0 Å². The predicted molar refractivity (Wildman–Crippen MR) is 69.0 cm³/mol. The van der Waals surface area contributed by atoms with Gasteiger partial charge in [0.15, 0.2) is 11.7 Å². The Kier molecular flexibility index (Phi) is 3.89. The van der Waals surface area contributed by atoms with Gasteiger partial charge in [0.05, 0.1) is 6.04 Å². The summed E-state index contributed by atoms with van der Waals surface area (Å²) in [5, 5.41) is 27.5. The molecule has 0 fully saturated rings. The minimum absolute atomic E-state index is 0.0166. The Bertz CT molecular complexity index is 606. The Morgan fingerprint density at radius 3 is 2.60 bits per heavy atom. The van der Waals surface area contributed by atoms with Crippen molar-refractivity contribution < 1.29 is 10.0 Å². The van der Waals surface area contributed by atoms with Crippen molar-refractivity contribution in [2.75, 3.05) is 0 Å². The summed E-state index contributed by atoms with van der Waals surface area (Å²) in [5.41, 5.74) is 6.40. The third-order valence-electron chi connectivity index (χ3n) is 2.65. The lowest BCUT2D eigenvalue weighted by molar-refractivity contribution is 0.0938. The summed E-state index contributed by atoms with van der Waals surface area (Å²) in [6.07, 6.45) is 0. The second-order valence-electron chi connectivity index (χ2n) is 4.03. The number of oxime groups is 1. The number of aromatic amines is 1. The largest absolute Gasteiger partial charge is 0.409 e. The van der Waals surface area contributed by atoms with E-state index in [-0.39, 0.29) is 17.8 Å². The van der Waals surface area contributed by atoms with Crippen LogP contribution in [0.3, 0.4) is 0 Å². The van der Waals surface area contributed by atoms with Gasteiger partial charge in [0.25, 0.3) is 5.91 Å². The Morgan fingerprint density at radius 1 is 1.40 bits per heavy atom. The molecule has 0 radical (unpaired) electrons. The molecule has 0 aliphatic rings. The molecule has 9 heteroatoms. The molecule has 104 valence electrons. The summed E-state index contributed by atoms with van der Waals surface area (Å²) in [5.74, 6) is 0.0945. The number of amides is 1. The second-order valence-corrected chi connectivity index (χ2v) is 4.03. The fourth-order valence-electron chi connectivity index (χ4n) is 1.55. The SMILES string of the molecule is CC(NC(=O)c1ccc(C(N)=NO)cc1)c1nn[nH]n1. The molecule has 9 nitrogen and oxygen atoms in total. The van der Waals surface area contributed by atoms with E-state index in [4.69, 9.17) is 10.9 Å². The van der Waals surface area contributed by atoms with Gasteiger partial charge in [-0.25, -0.2) is 0 Å². The van der Waals surface area contributed by atoms with Crippen LogP contribution in [-0.2, 0) is 0 Å². The number of nitrogens with one attached hydrogen (secondary N) is 2. The van der Waals surface area contributed by atoms with E-state index >= 15 is 0 Å². The van der Waals surface area contributed by atoms with Gasteiger partial charge in [0.1, 0.15) is 0 Å². The molecule has 20 heavy (non-hydrogen) atoms. The van der Waals surface area contributed by atoms with E-state index in [1.165, 1.54) is 0 Å². The number of aromatic nitrogens is 4. The molecule has 2 aromatic rings. The molecule has 0 saturated heterocycles. The molecular weight excluding hydrogens is 262 g/mol. The average molecular weight is 275 g/mol. The number of nitrogens with two attached hydrogens (primary N) is 1. The average Bonchev–Trinajstić information content (AvgIpc) is 3.01. The fourth-order valence-corrected chi connectivity index (χ4v) is 1.55. The highest BCUT2D eigenvalue weighted by Crippen LogP contribution is 2.08. The Labute approximate surface area is 113 Å². The Hall–Kier alpha value is -2.97. The number of amidine groups is 1. The lowest BCUT2D eigenvalue weighted by Crippen LogP contribution is -2.27. The number of carbonyl (C=O) groups excluding carboxylic acids is 1. The van der Waals surface area contributed by atoms with Crippen molar-refractivity contribution in [3.63, 3.8) is 0 Å². The molecule has 0 aliphatic carbocycles. The first kappa shape index (κ1) is 13.5. The number of carbonyl (C=O) groups is 1. The van der Waals surface area contributed by atoms with Gasteiger partial charge in [-0.05, 0) is 19.1 Å². The molecular formula is C11H13N7O2. The minimum atomic E-state index is -0.370. The van der Waals surface area contributed by atoms with E-state index < -0.39 is 0 Å². The molecule has 0 aliphatic heterocycles. The number of H-pyrrole nitrogens is 1. The maximum atomic E-state index is 12.0. The van der Waals surface area contributed by atoms with E-state index in [0.29, 0.717) is 17.0 Å². The van der Waals surface area contributed by atoms with Gasteiger partial charge < -0.3 is 16.3 Å². The van der Waals surface area contributed by atoms with E-state index in [1.807, 2.05) is 0 Å². The number of tetrazole rings is 1. The topological polar surface area (TPSA) is 142 Å². The lowest BCUT2D eigenvalue weighted by Gasteiger charge is -2.10. The number of benzene rings is 1. The summed E-state index contributed by atoms with van der Waals surface area (Å²) in [6, 6.07) is 5.95. The normalized spacial score (nSPS) is 12.9. The van der Waals surface area contributed by atoms with Crippen molar-refractivity contribution in [2.24, 2.45) is 10.9 Å². The smallest absolute Gasteiger partial charge is 0.251 e. The summed E-state index contributed by atoms with van der Waals surface area (Å²) in [4.78, 5) is 12.0. The van der Waals surface area contributed by atoms with Gasteiger partial charge in [-0.15, -0.1) is 10.2 Å². The number of hydrogen-bond donors (Lipinski definition) is 4. The molecule has 0 saturated carbocycles. The first-order valence-electron chi connectivity index (χ1n) is 5.74. The van der Waals surface area contributed by atoms with E-state index in [9.17, 15) is 4.79 Å². The molecule has 1 unspecified atom stereocenters. The highest BCUT2D eigenvalue weighted by atomic mass is 16.4. The second kappa shape index (κ2) is 5.78. The van der Waals surface area contributed by atoms with Gasteiger partial charge in [-0.2, -0.15) is 5.21 Å². The van der Waals surface area contributed by atoms with Gasteiger partial charge >= 0.3 is 0 Å².